The van der Waals surface area contributed by atoms with Crippen LogP contribution in [0.2, 0.25) is 0 Å². The number of allylic oxidation sites excluding steroid dienone is 2. The van der Waals surface area contributed by atoms with E-state index in [9.17, 15) is 4.79 Å². The fourth-order valence-corrected chi connectivity index (χ4v) is 4.61. The monoisotopic (exact) mass is 649 g/mol. The molecule has 0 saturated carbocycles. The number of aliphatic hydroxyl groups is 1. The summed E-state index contributed by atoms with van der Waals surface area (Å²) in [6, 6.07) is 23.1. The van der Waals surface area contributed by atoms with E-state index in [-0.39, 0.29) is 31.6 Å². The molecule has 0 fully saturated rings. The molecule has 1 radical (unpaired) electrons. The Kier molecular flexibility index (Phi) is 9.93. The molecule has 179 valence electrons. The summed E-state index contributed by atoms with van der Waals surface area (Å²) in [5.74, 6) is 0.497. The summed E-state index contributed by atoms with van der Waals surface area (Å²) >= 11 is 1.76. The molecule has 2 aromatic carbocycles. The average Bonchev–Trinajstić information content (AvgIpc) is 3.16. The summed E-state index contributed by atoms with van der Waals surface area (Å²) in [6.45, 7) is 11.5. The first kappa shape index (κ1) is 27.7. The van der Waals surface area contributed by atoms with Gasteiger partial charge < -0.3 is 5.11 Å². The second kappa shape index (κ2) is 12.2. The van der Waals surface area contributed by atoms with Crippen LogP contribution in [0.15, 0.2) is 66.4 Å². The number of aryl methyl sites for hydroxylation is 2. The number of carbonyl (C=O) groups excluding carboxylic acids is 1. The Labute approximate surface area is 219 Å². The van der Waals surface area contributed by atoms with Gasteiger partial charge in [-0.15, -0.1) is 46.2 Å². The number of pyridine rings is 1. The number of rotatable bonds is 4. The normalized spacial score (nSPS) is 11.1. The van der Waals surface area contributed by atoms with Crippen molar-refractivity contribution in [2.75, 3.05) is 0 Å². The summed E-state index contributed by atoms with van der Waals surface area (Å²) in [6.07, 6.45) is 1.17. The summed E-state index contributed by atoms with van der Waals surface area (Å²) in [7, 11) is 0. The minimum absolute atomic E-state index is 0. The first-order valence-electron chi connectivity index (χ1n) is 11.0. The molecule has 5 heteroatoms. The van der Waals surface area contributed by atoms with Crippen molar-refractivity contribution in [3.8, 4) is 21.7 Å². The Balaban J connectivity index is 0.000000449. The van der Waals surface area contributed by atoms with Gasteiger partial charge >= 0.3 is 0 Å². The fraction of sp³-hybridized carbons (Fsp3) is 0.241. The van der Waals surface area contributed by atoms with Gasteiger partial charge in [-0.1, -0.05) is 64.1 Å². The largest absolute Gasteiger partial charge is 0.512 e. The van der Waals surface area contributed by atoms with Crippen LogP contribution < -0.4 is 0 Å². The van der Waals surface area contributed by atoms with Crippen molar-refractivity contribution >= 4 is 27.3 Å². The maximum Gasteiger partial charge on any atom is 0.155 e. The molecule has 4 aromatic rings. The number of benzene rings is 2. The second-order valence-electron chi connectivity index (χ2n) is 8.63. The number of ketones is 1. The molecule has 0 amide bonds. The molecule has 2 aromatic heterocycles. The minimum atomic E-state index is -0.125. The van der Waals surface area contributed by atoms with Gasteiger partial charge in [-0.3, -0.25) is 9.78 Å². The van der Waals surface area contributed by atoms with Crippen molar-refractivity contribution in [3.63, 3.8) is 0 Å². The zero-order valence-corrected chi connectivity index (χ0v) is 23.6. The molecule has 0 aliphatic carbocycles. The van der Waals surface area contributed by atoms with E-state index in [0.29, 0.717) is 5.92 Å². The Bertz CT molecular complexity index is 1280. The summed E-state index contributed by atoms with van der Waals surface area (Å²) < 4.78 is 0. The van der Waals surface area contributed by atoms with Gasteiger partial charge in [0.05, 0.1) is 5.76 Å². The van der Waals surface area contributed by atoms with Crippen LogP contribution in [-0.4, -0.2) is 15.9 Å². The number of thiophene rings is 1. The van der Waals surface area contributed by atoms with Gasteiger partial charge in [-0.05, 0) is 42.7 Å². The van der Waals surface area contributed by atoms with E-state index in [1.807, 2.05) is 0 Å². The van der Waals surface area contributed by atoms with Crippen LogP contribution in [0, 0.1) is 19.9 Å². The van der Waals surface area contributed by atoms with Crippen molar-refractivity contribution in [3.05, 3.63) is 89.2 Å². The van der Waals surface area contributed by atoms with E-state index in [2.05, 4.69) is 88.4 Å². The van der Waals surface area contributed by atoms with Crippen LogP contribution >= 0.6 is 11.3 Å². The number of fused-ring (bicyclic) bond motifs is 1. The van der Waals surface area contributed by atoms with Crippen LogP contribution in [0.5, 0.6) is 0 Å². The molecule has 0 bridgehead atoms. The predicted octanol–water partition coefficient (Wildman–Crippen LogP) is 8.21. The molecule has 0 aliphatic rings. The number of nitrogens with zero attached hydrogens (tertiary/aromatic N) is 1. The zero-order valence-electron chi connectivity index (χ0n) is 20.4. The molecule has 3 nitrogen and oxygen atoms in total. The molecule has 0 saturated heterocycles. The van der Waals surface area contributed by atoms with Gasteiger partial charge in [-0.2, -0.15) is 0 Å². The van der Waals surface area contributed by atoms with Gasteiger partial charge in [-0.25, -0.2) is 0 Å². The topological polar surface area (TPSA) is 50.2 Å². The van der Waals surface area contributed by atoms with E-state index in [1.165, 1.54) is 46.9 Å². The molecule has 0 unspecified atom stereocenters. The Morgan fingerprint density at radius 2 is 1.71 bits per heavy atom. The number of hydrogen-bond donors (Lipinski definition) is 1. The van der Waals surface area contributed by atoms with E-state index in [1.54, 1.807) is 11.3 Å². The standard InChI is InChI=1S/C24H22NS.C5H8O2.Ir/c1-15(2)18-5-7-19(8-6-18)23-14-20-9-10-22(25-24(20)26-23)21-12-16(3)11-17(4)13-21;1-4(6)3-5(2)7;/h5-12,14-15H,1-4H3;3,6H,1-2H3;/q-1;;/b;4-3-;. The molecule has 0 atom stereocenters. The third-order valence-corrected chi connectivity index (χ3v) is 6.17. The first-order valence-corrected chi connectivity index (χ1v) is 11.8. The zero-order chi connectivity index (χ0) is 24.1. The van der Waals surface area contributed by atoms with Crippen LogP contribution in [0.25, 0.3) is 31.9 Å². The quantitative estimate of drug-likeness (QED) is 0.138. The molecule has 0 aliphatic heterocycles. The van der Waals surface area contributed by atoms with Crippen molar-refractivity contribution in [2.45, 2.75) is 47.5 Å². The van der Waals surface area contributed by atoms with E-state index in [0.717, 1.165) is 21.7 Å². The average molecular weight is 649 g/mol. The van der Waals surface area contributed by atoms with Crippen molar-refractivity contribution in [2.24, 2.45) is 0 Å². The van der Waals surface area contributed by atoms with Gasteiger partial charge in [0.25, 0.3) is 0 Å². The van der Waals surface area contributed by atoms with Crippen LogP contribution in [0.1, 0.15) is 50.3 Å². The van der Waals surface area contributed by atoms with Crippen molar-refractivity contribution < 1.29 is 30.0 Å². The second-order valence-corrected chi connectivity index (χ2v) is 9.66. The fourth-order valence-electron chi connectivity index (χ4n) is 3.57. The van der Waals surface area contributed by atoms with E-state index >= 15 is 0 Å². The third kappa shape index (κ3) is 7.46. The first-order chi connectivity index (χ1) is 15.6. The number of carbonyl (C=O) groups is 1. The Morgan fingerprint density at radius 1 is 1.03 bits per heavy atom. The number of aliphatic hydroxyl groups excluding tert-OH is 1. The third-order valence-electron chi connectivity index (χ3n) is 5.08. The smallest absolute Gasteiger partial charge is 0.155 e. The molecule has 34 heavy (non-hydrogen) atoms. The summed E-state index contributed by atoms with van der Waals surface area (Å²) in [5, 5.41) is 9.56. The van der Waals surface area contributed by atoms with Crippen molar-refractivity contribution in [1.82, 2.24) is 4.98 Å². The summed E-state index contributed by atoms with van der Waals surface area (Å²) in [4.78, 5) is 17.3. The number of aromatic nitrogens is 1. The molecule has 1 N–H and O–H groups in total. The van der Waals surface area contributed by atoms with Crippen LogP contribution in [0.4, 0.5) is 0 Å². The molecule has 0 spiro atoms. The van der Waals surface area contributed by atoms with E-state index in [4.69, 9.17) is 10.1 Å². The van der Waals surface area contributed by atoms with Crippen molar-refractivity contribution in [1.29, 1.82) is 0 Å². The van der Waals surface area contributed by atoms with Gasteiger partial charge in [0.1, 0.15) is 4.83 Å². The van der Waals surface area contributed by atoms with E-state index < -0.39 is 0 Å². The maximum atomic E-state index is 10.0. The SMILES string of the molecule is CC(=O)/C=C(/C)O.Cc1[c-]c(-c2ccc3cc(-c4ccc(C(C)C)cc4)sc3n2)cc(C)c1.[Ir]. The Morgan fingerprint density at radius 3 is 2.24 bits per heavy atom. The minimum Gasteiger partial charge on any atom is -0.512 e. The molecule has 2 heterocycles. The maximum absolute atomic E-state index is 10.0. The van der Waals surface area contributed by atoms with Crippen LogP contribution in [-0.2, 0) is 24.9 Å². The number of hydrogen-bond acceptors (Lipinski definition) is 4. The van der Waals surface area contributed by atoms with Gasteiger partial charge in [0.2, 0.25) is 0 Å². The molecular weight excluding hydrogens is 619 g/mol. The van der Waals surface area contributed by atoms with Gasteiger partial charge in [0.15, 0.2) is 5.78 Å². The molecular formula is C29H30IrNO2S-. The predicted molar refractivity (Wildman–Crippen MR) is 140 cm³/mol. The Hall–Kier alpha value is -2.59. The van der Waals surface area contributed by atoms with Gasteiger partial charge in [0, 0.05) is 36.4 Å². The molecule has 4 rings (SSSR count). The summed E-state index contributed by atoms with van der Waals surface area (Å²) in [5.41, 5.74) is 7.10. The van der Waals surface area contributed by atoms with Crippen LogP contribution in [0.3, 0.4) is 0 Å².